The number of carbonyl (C=O) groups excluding carboxylic acids is 1. The number of likely N-dealkylation sites (tertiary alicyclic amines) is 1. The van der Waals surface area contributed by atoms with Gasteiger partial charge in [0.1, 0.15) is 18.0 Å². The smallest absolute Gasteiger partial charge is 0.223 e. The van der Waals surface area contributed by atoms with Gasteiger partial charge in [0.2, 0.25) is 5.91 Å². The number of nitrogens with zero attached hydrogens (tertiary/aromatic N) is 4. The van der Waals surface area contributed by atoms with Crippen LogP contribution in [0.3, 0.4) is 0 Å². The normalized spacial score (nSPS) is 18.6. The lowest BCUT2D eigenvalue weighted by atomic mass is 9.96. The number of carbonyl (C=O) groups is 1. The maximum absolute atomic E-state index is 14.4. The van der Waals surface area contributed by atoms with Crippen molar-refractivity contribution in [1.82, 2.24) is 20.2 Å². The van der Waals surface area contributed by atoms with E-state index in [4.69, 9.17) is 0 Å². The van der Waals surface area contributed by atoms with Crippen molar-refractivity contribution in [3.05, 3.63) is 30.3 Å². The van der Waals surface area contributed by atoms with Gasteiger partial charge in [0.15, 0.2) is 0 Å². The zero-order valence-corrected chi connectivity index (χ0v) is 19.9. The second kappa shape index (κ2) is 10.3. The van der Waals surface area contributed by atoms with E-state index in [0.29, 0.717) is 10.9 Å². The molecule has 0 aliphatic carbocycles. The molecule has 1 N–H and O–H groups in total. The maximum atomic E-state index is 14.4. The van der Waals surface area contributed by atoms with E-state index >= 15 is 0 Å². The summed E-state index contributed by atoms with van der Waals surface area (Å²) >= 11 is 1.54. The first-order chi connectivity index (χ1) is 16.2. The Morgan fingerprint density at radius 1 is 1.09 bits per heavy atom. The van der Waals surface area contributed by atoms with Crippen molar-refractivity contribution < 1.29 is 9.18 Å². The van der Waals surface area contributed by atoms with E-state index in [9.17, 15) is 9.18 Å². The minimum Gasteiger partial charge on any atom is -0.356 e. The van der Waals surface area contributed by atoms with E-state index in [1.54, 1.807) is 6.07 Å². The summed E-state index contributed by atoms with van der Waals surface area (Å²) in [7, 11) is 0. The van der Waals surface area contributed by atoms with Crippen molar-refractivity contribution in [3.8, 4) is 0 Å². The lowest BCUT2D eigenvalue weighted by Crippen LogP contribution is -2.41. The van der Waals surface area contributed by atoms with E-state index in [1.807, 2.05) is 6.07 Å². The van der Waals surface area contributed by atoms with Gasteiger partial charge in [0, 0.05) is 30.3 Å². The number of benzene rings is 1. The van der Waals surface area contributed by atoms with E-state index in [1.165, 1.54) is 62.5 Å². The highest BCUT2D eigenvalue weighted by molar-refractivity contribution is 7.26. The molecule has 0 radical (unpaired) electrons. The van der Waals surface area contributed by atoms with Gasteiger partial charge in [-0.3, -0.25) is 4.79 Å². The van der Waals surface area contributed by atoms with E-state index in [2.05, 4.69) is 25.1 Å². The third-order valence-electron chi connectivity index (χ3n) is 7.02. The Kier molecular flexibility index (Phi) is 7.02. The Hall–Kier alpha value is -2.32. The highest BCUT2D eigenvalue weighted by Gasteiger charge is 2.27. The molecule has 5 rings (SSSR count). The van der Waals surface area contributed by atoms with Gasteiger partial charge in [0.05, 0.1) is 15.6 Å². The van der Waals surface area contributed by atoms with Gasteiger partial charge in [-0.05, 0) is 63.9 Å². The summed E-state index contributed by atoms with van der Waals surface area (Å²) < 4.78 is 16.2. The molecule has 0 saturated carbocycles. The molecule has 3 aromatic rings. The van der Waals surface area contributed by atoms with E-state index < -0.39 is 0 Å². The van der Waals surface area contributed by atoms with E-state index in [-0.39, 0.29) is 17.6 Å². The van der Waals surface area contributed by atoms with Crippen molar-refractivity contribution in [3.63, 3.8) is 0 Å². The lowest BCUT2D eigenvalue weighted by Gasteiger charge is -2.32. The fourth-order valence-corrected chi connectivity index (χ4v) is 6.35. The van der Waals surface area contributed by atoms with Crippen LogP contribution in [0.15, 0.2) is 24.5 Å². The molecular formula is C25H32FN5OS. The Bertz CT molecular complexity index is 1100. The average Bonchev–Trinajstić information content (AvgIpc) is 3.03. The molecule has 33 heavy (non-hydrogen) atoms. The maximum Gasteiger partial charge on any atom is 0.223 e. The summed E-state index contributed by atoms with van der Waals surface area (Å²) in [6, 6.07) is 5.14. The van der Waals surface area contributed by atoms with E-state index in [0.717, 1.165) is 60.7 Å². The van der Waals surface area contributed by atoms with Crippen molar-refractivity contribution in [1.29, 1.82) is 0 Å². The highest BCUT2D eigenvalue weighted by Crippen LogP contribution is 2.39. The number of piperidine rings is 1. The number of hydrogen-bond donors (Lipinski definition) is 1. The Morgan fingerprint density at radius 2 is 1.88 bits per heavy atom. The molecule has 2 fully saturated rings. The molecule has 176 valence electrons. The van der Waals surface area contributed by atoms with Crippen molar-refractivity contribution in [2.45, 2.75) is 44.9 Å². The molecule has 1 amide bonds. The van der Waals surface area contributed by atoms with Crippen LogP contribution in [0.25, 0.3) is 20.3 Å². The molecule has 0 atom stereocenters. The number of aromatic nitrogens is 2. The molecule has 6 nitrogen and oxygen atoms in total. The standard InChI is InChI=1S/C25H32FN5OS/c26-19-7-5-8-20-21(19)22-23(33-20)24(29-17-28-22)31-15-9-18(10-16-31)25(32)27-11-6-14-30-12-3-1-2-4-13-30/h5,7-8,17-18H,1-4,6,9-16H2,(H,27,32). The molecule has 0 bridgehead atoms. The topological polar surface area (TPSA) is 61.4 Å². The minimum atomic E-state index is -0.241. The number of anilines is 1. The number of hydrogen-bond acceptors (Lipinski definition) is 6. The Morgan fingerprint density at radius 3 is 2.67 bits per heavy atom. The zero-order chi connectivity index (χ0) is 22.6. The first-order valence-corrected chi connectivity index (χ1v) is 13.1. The van der Waals surface area contributed by atoms with Gasteiger partial charge in [-0.2, -0.15) is 0 Å². The van der Waals surface area contributed by atoms with Gasteiger partial charge in [-0.15, -0.1) is 11.3 Å². The van der Waals surface area contributed by atoms with Crippen LogP contribution in [0.2, 0.25) is 0 Å². The fraction of sp³-hybridized carbons (Fsp3) is 0.560. The molecule has 2 saturated heterocycles. The number of amides is 1. The molecule has 4 heterocycles. The quantitative estimate of drug-likeness (QED) is 0.536. The number of nitrogens with one attached hydrogen (secondary N) is 1. The SMILES string of the molecule is O=C(NCCCN1CCCCCC1)C1CCN(c2ncnc3c2sc2cccc(F)c23)CC1. The van der Waals surface area contributed by atoms with Gasteiger partial charge < -0.3 is 15.1 Å². The first-order valence-electron chi connectivity index (χ1n) is 12.3. The van der Waals surface area contributed by atoms with Crippen LogP contribution in [-0.4, -0.2) is 60.0 Å². The Labute approximate surface area is 198 Å². The summed E-state index contributed by atoms with van der Waals surface area (Å²) in [6.07, 6.45) is 9.48. The van der Waals surface area contributed by atoms with Gasteiger partial charge in [0.25, 0.3) is 0 Å². The summed E-state index contributed by atoms with van der Waals surface area (Å²) in [6.45, 7) is 5.79. The van der Waals surface area contributed by atoms with Crippen LogP contribution in [0, 0.1) is 11.7 Å². The third kappa shape index (κ3) is 4.96. The molecule has 0 spiro atoms. The summed E-state index contributed by atoms with van der Waals surface area (Å²) in [5.41, 5.74) is 0.683. The van der Waals surface area contributed by atoms with Gasteiger partial charge >= 0.3 is 0 Å². The molecule has 8 heteroatoms. The molecule has 2 aliphatic heterocycles. The predicted molar refractivity (Wildman–Crippen MR) is 132 cm³/mol. The molecule has 1 aromatic carbocycles. The zero-order valence-electron chi connectivity index (χ0n) is 19.1. The van der Waals surface area contributed by atoms with Crippen LogP contribution < -0.4 is 10.2 Å². The molecule has 2 aromatic heterocycles. The monoisotopic (exact) mass is 469 g/mol. The van der Waals surface area contributed by atoms with Crippen LogP contribution in [-0.2, 0) is 4.79 Å². The number of halogens is 1. The Balaban J connectivity index is 1.15. The highest BCUT2D eigenvalue weighted by atomic mass is 32.1. The third-order valence-corrected chi connectivity index (χ3v) is 8.16. The summed E-state index contributed by atoms with van der Waals surface area (Å²) in [5, 5.41) is 3.75. The second-order valence-corrected chi connectivity index (χ2v) is 10.3. The predicted octanol–water partition coefficient (Wildman–Crippen LogP) is 4.58. The summed E-state index contributed by atoms with van der Waals surface area (Å²) in [5.74, 6) is 0.852. The van der Waals surface area contributed by atoms with Crippen LogP contribution in [0.5, 0.6) is 0 Å². The number of thiophene rings is 1. The fourth-order valence-electron chi connectivity index (χ4n) is 5.16. The van der Waals surface area contributed by atoms with Gasteiger partial charge in [-0.1, -0.05) is 18.9 Å². The second-order valence-electron chi connectivity index (χ2n) is 9.25. The van der Waals surface area contributed by atoms with Crippen molar-refractivity contribution >= 4 is 43.4 Å². The molecule has 2 aliphatic rings. The number of rotatable bonds is 6. The van der Waals surface area contributed by atoms with Crippen LogP contribution in [0.1, 0.15) is 44.9 Å². The van der Waals surface area contributed by atoms with Crippen LogP contribution in [0.4, 0.5) is 10.2 Å². The number of fused-ring (bicyclic) bond motifs is 3. The van der Waals surface area contributed by atoms with Crippen LogP contribution >= 0.6 is 11.3 Å². The lowest BCUT2D eigenvalue weighted by molar-refractivity contribution is -0.125. The average molecular weight is 470 g/mol. The summed E-state index contributed by atoms with van der Waals surface area (Å²) in [4.78, 5) is 26.4. The van der Waals surface area contributed by atoms with Gasteiger partial charge in [-0.25, -0.2) is 14.4 Å². The van der Waals surface area contributed by atoms with Crippen molar-refractivity contribution in [2.24, 2.45) is 5.92 Å². The first kappa shape index (κ1) is 22.5. The largest absolute Gasteiger partial charge is 0.356 e. The van der Waals surface area contributed by atoms with Crippen molar-refractivity contribution in [2.75, 3.05) is 44.2 Å². The minimum absolute atomic E-state index is 0.0524. The molecular weight excluding hydrogens is 437 g/mol. The molecule has 0 unspecified atom stereocenters.